The van der Waals surface area contributed by atoms with Crippen LogP contribution in [0.5, 0.6) is 11.5 Å². The van der Waals surface area contributed by atoms with Crippen LogP contribution in [0.4, 0.5) is 0 Å². The van der Waals surface area contributed by atoms with Gasteiger partial charge in [-0.3, -0.25) is 9.59 Å². The predicted molar refractivity (Wildman–Crippen MR) is 132 cm³/mol. The van der Waals surface area contributed by atoms with Gasteiger partial charge in [0.1, 0.15) is 5.58 Å². The Labute approximate surface area is 204 Å². The molecule has 4 rings (SSSR count). The smallest absolute Gasteiger partial charge is 0.290 e. The number of nitrogens with zero attached hydrogens (tertiary/aromatic N) is 2. The Morgan fingerprint density at radius 1 is 1.14 bits per heavy atom. The van der Waals surface area contributed by atoms with Crippen molar-refractivity contribution in [2.45, 2.75) is 19.4 Å². The molecule has 35 heavy (non-hydrogen) atoms. The van der Waals surface area contributed by atoms with Crippen LogP contribution in [-0.4, -0.2) is 67.5 Å². The number of aliphatic hydroxyl groups is 1. The highest BCUT2D eigenvalue weighted by atomic mass is 16.5. The summed E-state index contributed by atoms with van der Waals surface area (Å²) in [4.78, 5) is 30.3. The Bertz CT molecular complexity index is 1240. The van der Waals surface area contributed by atoms with Crippen molar-refractivity contribution < 1.29 is 28.6 Å². The Balaban J connectivity index is 1.80. The number of benzene rings is 2. The zero-order chi connectivity index (χ0) is 25.1. The number of carbonyl (C=O) groups is 2. The van der Waals surface area contributed by atoms with E-state index in [9.17, 15) is 14.7 Å². The largest absolute Gasteiger partial charge is 0.503 e. The first-order valence-corrected chi connectivity index (χ1v) is 11.6. The zero-order valence-corrected chi connectivity index (χ0v) is 20.4. The zero-order valence-electron chi connectivity index (χ0n) is 20.4. The maximum absolute atomic E-state index is 13.7. The molecule has 2 aromatic carbocycles. The molecule has 2 heterocycles. The first kappa shape index (κ1) is 24.3. The number of hydrogen-bond acceptors (Lipinski definition) is 7. The van der Waals surface area contributed by atoms with E-state index in [4.69, 9.17) is 13.9 Å². The lowest BCUT2D eigenvalue weighted by molar-refractivity contribution is -0.129. The van der Waals surface area contributed by atoms with E-state index >= 15 is 0 Å². The van der Waals surface area contributed by atoms with Gasteiger partial charge in [0, 0.05) is 18.5 Å². The van der Waals surface area contributed by atoms with E-state index in [2.05, 4.69) is 0 Å². The molecule has 8 heteroatoms. The van der Waals surface area contributed by atoms with Crippen LogP contribution in [0.25, 0.3) is 11.0 Å². The summed E-state index contributed by atoms with van der Waals surface area (Å²) in [6.45, 7) is 3.35. The van der Waals surface area contributed by atoms with Gasteiger partial charge in [0.25, 0.3) is 5.91 Å². The molecule has 8 nitrogen and oxygen atoms in total. The molecule has 1 aliphatic rings. The fraction of sp³-hybridized carbons (Fsp3) is 0.333. The monoisotopic (exact) mass is 478 g/mol. The molecule has 0 spiro atoms. The average molecular weight is 479 g/mol. The number of hydrogen-bond donors (Lipinski definition) is 1. The van der Waals surface area contributed by atoms with Gasteiger partial charge in [-0.05, 0) is 50.3 Å². The fourth-order valence-corrected chi connectivity index (χ4v) is 4.19. The molecule has 1 aliphatic heterocycles. The Morgan fingerprint density at radius 3 is 2.60 bits per heavy atom. The first-order chi connectivity index (χ1) is 16.8. The minimum atomic E-state index is -0.807. The Kier molecular flexibility index (Phi) is 7.12. The summed E-state index contributed by atoms with van der Waals surface area (Å²) >= 11 is 0. The molecule has 1 atom stereocenters. The fourth-order valence-electron chi connectivity index (χ4n) is 4.19. The lowest BCUT2D eigenvalue weighted by Gasteiger charge is -2.28. The Morgan fingerprint density at radius 2 is 1.91 bits per heavy atom. The standard InChI is InChI=1S/C27H30N2O6/c1-5-14-34-21-16-18(10-11-20(21)33-4)24-23(26(31)27(32)29(24)13-12-28(2)3)25(30)22-15-17-8-6-7-9-19(17)35-22/h6-11,15-16,24,31H,5,12-14H2,1-4H3. The number of likely N-dealkylation sites (N-methyl/N-ethyl adjacent to an activating group) is 1. The topological polar surface area (TPSA) is 92.5 Å². The lowest BCUT2D eigenvalue weighted by atomic mass is 9.94. The molecule has 184 valence electrons. The summed E-state index contributed by atoms with van der Waals surface area (Å²) < 4.78 is 17.1. The second kappa shape index (κ2) is 10.2. The quantitative estimate of drug-likeness (QED) is 0.433. The number of ether oxygens (including phenoxy) is 2. The van der Waals surface area contributed by atoms with Gasteiger partial charge < -0.3 is 28.8 Å². The van der Waals surface area contributed by atoms with E-state index in [0.717, 1.165) is 11.8 Å². The third-order valence-electron chi connectivity index (χ3n) is 5.95. The minimum Gasteiger partial charge on any atom is -0.503 e. The van der Waals surface area contributed by atoms with Crippen molar-refractivity contribution >= 4 is 22.7 Å². The van der Waals surface area contributed by atoms with Crippen LogP contribution in [0.2, 0.25) is 0 Å². The number of para-hydroxylation sites is 1. The van der Waals surface area contributed by atoms with Gasteiger partial charge in [-0.2, -0.15) is 0 Å². The van der Waals surface area contributed by atoms with Crippen LogP contribution in [0.1, 0.15) is 35.5 Å². The predicted octanol–water partition coefficient (Wildman–Crippen LogP) is 4.37. The van der Waals surface area contributed by atoms with Crippen LogP contribution in [0.15, 0.2) is 64.3 Å². The Hall–Kier alpha value is -3.78. The molecule has 0 fully saturated rings. The van der Waals surface area contributed by atoms with E-state index in [1.807, 2.05) is 44.1 Å². The highest BCUT2D eigenvalue weighted by Crippen LogP contribution is 2.42. The molecule has 0 saturated heterocycles. The lowest BCUT2D eigenvalue weighted by Crippen LogP contribution is -2.36. The van der Waals surface area contributed by atoms with E-state index in [1.54, 1.807) is 37.4 Å². The van der Waals surface area contributed by atoms with Gasteiger partial charge in [0.2, 0.25) is 5.78 Å². The summed E-state index contributed by atoms with van der Waals surface area (Å²) in [5.74, 6) is -0.569. The number of methoxy groups -OCH3 is 1. The van der Waals surface area contributed by atoms with Crippen molar-refractivity contribution in [3.8, 4) is 11.5 Å². The summed E-state index contributed by atoms with van der Waals surface area (Å²) in [6, 6.07) is 13.4. The van der Waals surface area contributed by atoms with Crippen LogP contribution >= 0.6 is 0 Å². The van der Waals surface area contributed by atoms with Gasteiger partial charge in [0.15, 0.2) is 23.0 Å². The number of ketones is 1. The van der Waals surface area contributed by atoms with Crippen LogP contribution in [0.3, 0.4) is 0 Å². The van der Waals surface area contributed by atoms with Gasteiger partial charge in [-0.15, -0.1) is 0 Å². The van der Waals surface area contributed by atoms with Gasteiger partial charge in [-0.1, -0.05) is 31.2 Å². The molecular weight excluding hydrogens is 448 g/mol. The van der Waals surface area contributed by atoms with Crippen LogP contribution in [-0.2, 0) is 4.79 Å². The van der Waals surface area contributed by atoms with Crippen molar-refractivity contribution in [2.75, 3.05) is 40.9 Å². The van der Waals surface area contributed by atoms with Crippen molar-refractivity contribution in [2.24, 2.45) is 0 Å². The van der Waals surface area contributed by atoms with Crippen LogP contribution < -0.4 is 9.47 Å². The molecule has 1 aromatic heterocycles. The second-order valence-electron chi connectivity index (χ2n) is 8.70. The van der Waals surface area contributed by atoms with E-state index in [-0.39, 0.29) is 11.3 Å². The molecule has 0 radical (unpaired) electrons. The van der Waals surface area contributed by atoms with Crippen molar-refractivity contribution in [3.05, 3.63) is 71.2 Å². The number of amides is 1. The number of Topliss-reactive ketones (excluding diaryl/α,β-unsaturated/α-hetero) is 1. The average Bonchev–Trinajstić information content (AvgIpc) is 3.40. The number of aliphatic hydroxyl groups excluding tert-OH is 1. The number of furan rings is 1. The van der Waals surface area contributed by atoms with E-state index in [0.29, 0.717) is 42.3 Å². The van der Waals surface area contributed by atoms with E-state index in [1.165, 1.54) is 4.90 Å². The molecule has 0 aliphatic carbocycles. The third-order valence-corrected chi connectivity index (χ3v) is 5.95. The number of rotatable bonds is 10. The molecule has 0 saturated carbocycles. The minimum absolute atomic E-state index is 0.0144. The van der Waals surface area contributed by atoms with Gasteiger partial charge in [-0.25, -0.2) is 0 Å². The summed E-state index contributed by atoms with van der Waals surface area (Å²) in [6.07, 6.45) is 0.806. The van der Waals surface area contributed by atoms with Crippen molar-refractivity contribution in [1.29, 1.82) is 0 Å². The van der Waals surface area contributed by atoms with Gasteiger partial charge >= 0.3 is 0 Å². The second-order valence-corrected chi connectivity index (χ2v) is 8.70. The summed E-state index contributed by atoms with van der Waals surface area (Å²) in [5.41, 5.74) is 1.17. The molecule has 1 unspecified atom stereocenters. The SMILES string of the molecule is CCCOc1cc(C2C(C(=O)c3cc4ccccc4o3)=C(O)C(=O)N2CCN(C)C)ccc1OC. The van der Waals surface area contributed by atoms with E-state index < -0.39 is 23.5 Å². The maximum atomic E-state index is 13.7. The van der Waals surface area contributed by atoms with Crippen molar-refractivity contribution in [1.82, 2.24) is 9.80 Å². The molecule has 1 N–H and O–H groups in total. The number of carbonyl (C=O) groups excluding carboxylic acids is 2. The molecule has 0 bridgehead atoms. The van der Waals surface area contributed by atoms with Gasteiger partial charge in [0.05, 0.1) is 25.3 Å². The highest BCUT2D eigenvalue weighted by Gasteiger charge is 2.44. The number of fused-ring (bicyclic) bond motifs is 1. The van der Waals surface area contributed by atoms with Crippen LogP contribution in [0, 0.1) is 0 Å². The third kappa shape index (κ3) is 4.74. The normalized spacial score (nSPS) is 16.0. The summed E-state index contributed by atoms with van der Waals surface area (Å²) in [5, 5.41) is 11.7. The highest BCUT2D eigenvalue weighted by molar-refractivity contribution is 6.16. The maximum Gasteiger partial charge on any atom is 0.290 e. The molecule has 1 amide bonds. The first-order valence-electron chi connectivity index (χ1n) is 11.6. The molecular formula is C27H30N2O6. The van der Waals surface area contributed by atoms with Crippen molar-refractivity contribution in [3.63, 3.8) is 0 Å². The summed E-state index contributed by atoms with van der Waals surface area (Å²) in [7, 11) is 5.35. The molecule has 3 aromatic rings.